The maximum atomic E-state index is 11.5. The summed E-state index contributed by atoms with van der Waals surface area (Å²) in [6, 6.07) is 38.5. The molecule has 0 saturated carbocycles. The molecule has 8 atom stereocenters. The molecule has 812 valence electrons. The minimum atomic E-state index is -1.58. The SMILES string of the molecule is C.CCCC[C@@H](N)CO.CCCC[C@@H](Nc1nc(NCc2ccc(OC)cc2OC)nc2cccnc12)C1=NC=CC1.CCCC[C@H](C=O)Nc1nc(NCc2ccc(OC)cc2OC)nc2cccnc12.CCCC[C@H](CO)Nc1nc(NCc2ccc(OC)cc2OC)nc2cccnc12.CCN(C(C)C)C(C)C.COc1ccc(CN)c(OC)c1.Clc1nc(Cl)c2ncccc2n1.OC1OC2OC(O)C(O)OC2OC1O. The highest BCUT2D eigenvalue weighted by Gasteiger charge is 2.46. The molecule has 0 bridgehead atoms. The van der Waals surface area contributed by atoms with Gasteiger partial charge in [0, 0.05) is 134 Å². The van der Waals surface area contributed by atoms with Crippen molar-refractivity contribution in [3.05, 3.63) is 191 Å². The van der Waals surface area contributed by atoms with Crippen LogP contribution in [0.3, 0.4) is 0 Å². The average Bonchev–Trinajstić information content (AvgIpc) is 1.55. The minimum absolute atomic E-state index is 0. The Bertz CT molecular complexity index is 5990. The van der Waals surface area contributed by atoms with Crippen molar-refractivity contribution < 1.29 is 92.3 Å². The van der Waals surface area contributed by atoms with Crippen molar-refractivity contribution in [1.29, 1.82) is 0 Å². The number of ether oxygens (including phenoxy) is 12. The molecule has 4 aromatic carbocycles. The minimum Gasteiger partial charge on any atom is -0.497 e. The maximum Gasteiger partial charge on any atom is 0.225 e. The molecule has 3 aliphatic rings. The molecule has 8 aromatic heterocycles. The van der Waals surface area contributed by atoms with E-state index in [-0.39, 0.29) is 55.2 Å². The van der Waals surface area contributed by atoms with Crippen LogP contribution in [-0.4, -0.2) is 258 Å². The first-order valence-electron chi connectivity index (χ1n) is 49.3. The molecule has 3 aliphatic heterocycles. The second-order valence-corrected chi connectivity index (χ2v) is 34.8. The van der Waals surface area contributed by atoms with Gasteiger partial charge in [-0.25, -0.2) is 24.9 Å². The van der Waals surface area contributed by atoms with Crippen LogP contribution in [0.2, 0.25) is 10.4 Å². The number of nitrogens with zero attached hydrogens (tertiary/aromatic N) is 14. The van der Waals surface area contributed by atoms with E-state index in [4.69, 9.17) is 103 Å². The summed E-state index contributed by atoms with van der Waals surface area (Å²) in [5.74, 6) is 9.24. The number of carbonyl (C=O) groups excluding carboxylic acids is 1. The Kier molecular flexibility index (Phi) is 55.0. The van der Waals surface area contributed by atoms with E-state index in [0.717, 1.165) is 181 Å². The summed E-state index contributed by atoms with van der Waals surface area (Å²) in [6.07, 6.45) is 16.0. The first kappa shape index (κ1) is 123. The molecule has 15 rings (SSSR count). The molecule has 41 nitrogen and oxygen atoms in total. The standard InChI is InChI=1S/C25H30N6O2.C22H29N5O3.C22H27N5O3.C9H13NO2.C8H19N.C7H3Cl2N3.C6H15NO.C6H10O8.CH4/c1-4-5-8-20(19-9-6-13-26-19)29-24-23-21(10-7-14-27-23)30-25(31-24)28-16-17-11-12-18(32-2)15-22(17)33-3;2*1-4-5-7-16(14-28)25-21-20-18(8-6-11-23-20)26-22(27-21)24-13-15-9-10-17(29-2)12-19(15)30-3;1-11-8-4-3-7(6-10)9(5-8)12-2;1-6-9(7(2)3)8(4)5;8-6-5-4(2-1-3-10-5)11-7(9)12-6;1-2-3-4-6(7)5-8;7-1-2(8)12-6-5(11-1)13-3(9)4(10)14-6;/h6-7,10-15,20H,4-5,8-9,16H2,1-3H3,(H2,28,29,30,31);6,8-12,16,28H,4-5,7,13-14H2,1-3H3,(H2,24,25,26,27);6,8-12,14,16H,4-5,7,13H2,1-3H3,(H2,24,25,26,27);3-5H,6,10H2,1-2H3;7-8H,6H2,1-5H3;1-3H;6,8H,2-5,7H2,1H3;1-10H;1H4/t20-;2*16-;;;;6-;;/m111...1../s1. The largest absolute Gasteiger partial charge is 0.497 e. The van der Waals surface area contributed by atoms with Crippen molar-refractivity contribution >= 4 is 115 Å². The Labute approximate surface area is 882 Å². The average molecular weight is 2110 g/mol. The number of aromatic nitrogens is 12. The van der Waals surface area contributed by atoms with Crippen molar-refractivity contribution in [1.82, 2.24) is 64.7 Å². The summed E-state index contributed by atoms with van der Waals surface area (Å²) in [7, 11) is 13.0. The number of hydrogen-bond acceptors (Lipinski definition) is 41. The Balaban J connectivity index is 0.000000242. The molecule has 0 aliphatic carbocycles. The molecular weight excluding hydrogens is 1960 g/mol. The van der Waals surface area contributed by atoms with Crippen LogP contribution in [0.5, 0.6) is 46.0 Å². The lowest BCUT2D eigenvalue weighted by Crippen LogP contribution is -2.58. The lowest BCUT2D eigenvalue weighted by Gasteiger charge is -2.42. The highest BCUT2D eigenvalue weighted by molar-refractivity contribution is 6.35. The number of aldehydes is 1. The zero-order chi connectivity index (χ0) is 107. The van der Waals surface area contributed by atoms with Crippen molar-refractivity contribution in [2.45, 2.75) is 253 Å². The maximum absolute atomic E-state index is 11.5. The number of anilines is 6. The summed E-state index contributed by atoms with van der Waals surface area (Å²) >= 11 is 11.4. The van der Waals surface area contributed by atoms with Gasteiger partial charge < -0.3 is 136 Å². The fourth-order valence-corrected chi connectivity index (χ4v) is 15.5. The van der Waals surface area contributed by atoms with E-state index in [2.05, 4.69) is 184 Å². The quantitative estimate of drug-likeness (QED) is 0.00959. The van der Waals surface area contributed by atoms with E-state index < -0.39 is 37.7 Å². The van der Waals surface area contributed by atoms with Gasteiger partial charge >= 0.3 is 0 Å². The highest BCUT2D eigenvalue weighted by Crippen LogP contribution is 2.34. The normalized spacial score (nSPS) is 15.9. The molecule has 4 unspecified atom stereocenters. The van der Waals surface area contributed by atoms with Gasteiger partial charge in [-0.2, -0.15) is 15.0 Å². The lowest BCUT2D eigenvalue weighted by molar-refractivity contribution is -0.494. The lowest BCUT2D eigenvalue weighted by atomic mass is 10.0. The van der Waals surface area contributed by atoms with Crippen LogP contribution in [0.1, 0.15) is 175 Å². The molecule has 43 heteroatoms. The van der Waals surface area contributed by atoms with Crippen LogP contribution in [0.25, 0.3) is 44.1 Å². The number of pyridine rings is 4. The van der Waals surface area contributed by atoms with E-state index in [1.54, 1.807) is 93.8 Å². The van der Waals surface area contributed by atoms with Gasteiger partial charge in [0.1, 0.15) is 74.3 Å². The van der Waals surface area contributed by atoms with Gasteiger partial charge in [-0.05, 0) is 163 Å². The van der Waals surface area contributed by atoms with Crippen LogP contribution in [0, 0.1) is 0 Å². The molecule has 12 aromatic rings. The number of rotatable bonds is 43. The third kappa shape index (κ3) is 39.2. The summed E-state index contributed by atoms with van der Waals surface area (Å²) < 4.78 is 61.1. The first-order valence-corrected chi connectivity index (χ1v) is 50.0. The molecule has 0 radical (unpaired) electrons. The Morgan fingerprint density at radius 3 is 1.15 bits per heavy atom. The van der Waals surface area contributed by atoms with Crippen LogP contribution >= 0.6 is 23.2 Å². The zero-order valence-corrected chi connectivity index (χ0v) is 88.8. The number of nitrogens with two attached hydrogens (primary N) is 2. The van der Waals surface area contributed by atoms with Gasteiger partial charge in [0.15, 0.2) is 22.6 Å². The van der Waals surface area contributed by atoms with Crippen LogP contribution in [-0.2, 0) is 49.9 Å². The van der Waals surface area contributed by atoms with Crippen LogP contribution in [0.4, 0.5) is 35.3 Å². The van der Waals surface area contributed by atoms with Gasteiger partial charge in [-0.1, -0.05) is 117 Å². The molecular formula is C106H150Cl2N22O19. The molecule has 2 fully saturated rings. The van der Waals surface area contributed by atoms with E-state index in [0.29, 0.717) is 107 Å². The smallest absolute Gasteiger partial charge is 0.225 e. The topological polar surface area (TPSA) is 544 Å². The predicted octanol–water partition coefficient (Wildman–Crippen LogP) is 16.2. The summed E-state index contributed by atoms with van der Waals surface area (Å²) in [5, 5.41) is 74.6. The van der Waals surface area contributed by atoms with Crippen molar-refractivity contribution in [2.24, 2.45) is 16.5 Å². The molecule has 11 heterocycles. The number of carbonyl (C=O) groups is 1. The van der Waals surface area contributed by atoms with E-state index in [1.165, 1.54) is 0 Å². The van der Waals surface area contributed by atoms with Crippen molar-refractivity contribution in [2.75, 3.05) is 109 Å². The first-order chi connectivity index (χ1) is 71.6. The fraction of sp³-hybridized carbons (Fsp3) is 0.472. The van der Waals surface area contributed by atoms with Gasteiger partial charge in [-0.3, -0.25) is 29.8 Å². The summed E-state index contributed by atoms with van der Waals surface area (Å²) in [5.41, 5.74) is 21.4. The van der Waals surface area contributed by atoms with Gasteiger partial charge in [0.2, 0.25) is 60.9 Å². The Morgan fingerprint density at radius 1 is 0.450 bits per heavy atom. The number of aliphatic imine (C=N–C) groups is 1. The van der Waals surface area contributed by atoms with E-state index in [9.17, 15) is 9.90 Å². The Hall–Kier alpha value is -12.8. The molecule has 16 N–H and O–H groups in total. The molecule has 2 saturated heterocycles. The number of aliphatic hydroxyl groups excluding tert-OH is 6. The molecule has 149 heavy (non-hydrogen) atoms. The van der Waals surface area contributed by atoms with Gasteiger partial charge in [-0.15, -0.1) is 0 Å². The number of aliphatic hydroxyl groups is 6. The Morgan fingerprint density at radius 2 is 0.812 bits per heavy atom. The number of unbranched alkanes of at least 4 members (excludes halogenated alkanes) is 4. The van der Waals surface area contributed by atoms with Gasteiger partial charge in [0.25, 0.3) is 0 Å². The number of nitrogens with one attached hydrogen (secondary N) is 6. The third-order valence-corrected chi connectivity index (χ3v) is 23.4. The number of fused-ring (bicyclic) bond motifs is 5. The van der Waals surface area contributed by atoms with Crippen LogP contribution in [0.15, 0.2) is 163 Å². The van der Waals surface area contributed by atoms with Crippen molar-refractivity contribution in [3.8, 4) is 46.0 Å². The number of halogens is 2. The zero-order valence-electron chi connectivity index (χ0n) is 87.3. The predicted molar refractivity (Wildman–Crippen MR) is 582 cm³/mol. The second kappa shape index (κ2) is 66.6. The van der Waals surface area contributed by atoms with Crippen molar-refractivity contribution in [3.63, 3.8) is 0 Å². The number of allylic oxidation sites excluding steroid dienone is 1. The molecule has 0 spiro atoms. The van der Waals surface area contributed by atoms with Crippen LogP contribution < -0.4 is 81.3 Å². The van der Waals surface area contributed by atoms with E-state index >= 15 is 0 Å². The third-order valence-electron chi connectivity index (χ3n) is 23.0. The number of methoxy groups -OCH3 is 8. The fourth-order valence-electron chi connectivity index (χ4n) is 15.0. The second-order valence-electron chi connectivity index (χ2n) is 34.1. The summed E-state index contributed by atoms with van der Waals surface area (Å²) in [6.45, 7) is 23.0. The monoisotopic (exact) mass is 2110 g/mol. The number of benzene rings is 4. The highest BCUT2D eigenvalue weighted by atomic mass is 35.5. The van der Waals surface area contributed by atoms with E-state index in [1.807, 2.05) is 115 Å². The summed E-state index contributed by atoms with van der Waals surface area (Å²) in [4.78, 5) is 71.4. The van der Waals surface area contributed by atoms with Gasteiger partial charge in [0.05, 0.1) is 110 Å². The molecule has 0 amide bonds. The number of hydrogen-bond donors (Lipinski definition) is 14.